The summed E-state index contributed by atoms with van der Waals surface area (Å²) < 4.78 is 0. The van der Waals surface area contributed by atoms with E-state index in [4.69, 9.17) is 0 Å². The lowest BCUT2D eigenvalue weighted by Crippen LogP contribution is -2.48. The molecule has 2 amide bonds. The first-order valence-electron chi connectivity index (χ1n) is 6.45. The predicted molar refractivity (Wildman–Crippen MR) is 82.8 cm³/mol. The third kappa shape index (κ3) is 5.95. The third-order valence-corrected chi connectivity index (χ3v) is 3.54. The molecule has 0 aliphatic carbocycles. The molecule has 0 saturated heterocycles. The summed E-state index contributed by atoms with van der Waals surface area (Å²) in [6.07, 6.45) is 2.11. The summed E-state index contributed by atoms with van der Waals surface area (Å²) >= 11 is 1.61. The van der Waals surface area contributed by atoms with E-state index in [-0.39, 0.29) is 12.2 Å². The van der Waals surface area contributed by atoms with Gasteiger partial charge in [0.1, 0.15) is 11.8 Å². The van der Waals surface area contributed by atoms with Gasteiger partial charge in [-0.3, -0.25) is 0 Å². The molecular formula is C14H20N2O4S. The smallest absolute Gasteiger partial charge is 0.326 e. The van der Waals surface area contributed by atoms with Crippen LogP contribution in [0.3, 0.4) is 0 Å². The van der Waals surface area contributed by atoms with Crippen molar-refractivity contribution in [1.29, 1.82) is 0 Å². The second-order valence-corrected chi connectivity index (χ2v) is 5.61. The van der Waals surface area contributed by atoms with Crippen molar-refractivity contribution in [2.75, 3.05) is 25.6 Å². The van der Waals surface area contributed by atoms with Crippen molar-refractivity contribution in [2.24, 2.45) is 0 Å². The van der Waals surface area contributed by atoms with Gasteiger partial charge in [0.05, 0.1) is 0 Å². The van der Waals surface area contributed by atoms with Crippen LogP contribution in [-0.4, -0.2) is 58.8 Å². The molecule has 1 rings (SSSR count). The second-order valence-electron chi connectivity index (χ2n) is 4.63. The SMILES string of the molecule is CSCCN(C)C(=O)N[C@@H](Cc1ccc(O)cc1)C(=O)O. The molecule has 1 aromatic carbocycles. The number of aromatic hydroxyl groups is 1. The number of carboxylic acid groups (broad SMARTS) is 1. The zero-order chi connectivity index (χ0) is 15.8. The average Bonchev–Trinajstić information content (AvgIpc) is 2.45. The van der Waals surface area contributed by atoms with E-state index < -0.39 is 18.0 Å². The summed E-state index contributed by atoms with van der Waals surface area (Å²) in [6, 6.07) is 4.83. The van der Waals surface area contributed by atoms with Crippen LogP contribution in [0.5, 0.6) is 5.75 Å². The largest absolute Gasteiger partial charge is 0.508 e. The number of rotatable bonds is 7. The van der Waals surface area contributed by atoms with Crippen LogP contribution in [0.25, 0.3) is 0 Å². The Bertz CT molecular complexity index is 478. The summed E-state index contributed by atoms with van der Waals surface area (Å²) in [7, 11) is 1.63. The number of nitrogens with zero attached hydrogens (tertiary/aromatic N) is 1. The maximum atomic E-state index is 11.9. The van der Waals surface area contributed by atoms with Gasteiger partial charge in [-0.05, 0) is 24.0 Å². The number of carboxylic acids is 1. The van der Waals surface area contributed by atoms with Crippen LogP contribution in [0.4, 0.5) is 4.79 Å². The highest BCUT2D eigenvalue weighted by Crippen LogP contribution is 2.11. The van der Waals surface area contributed by atoms with Crippen LogP contribution in [0.15, 0.2) is 24.3 Å². The van der Waals surface area contributed by atoms with Crippen LogP contribution >= 0.6 is 11.8 Å². The Kier molecular flexibility index (Phi) is 6.87. The number of hydrogen-bond donors (Lipinski definition) is 3. The maximum absolute atomic E-state index is 11.9. The molecule has 0 saturated carbocycles. The van der Waals surface area contributed by atoms with Crippen LogP contribution in [-0.2, 0) is 11.2 Å². The van der Waals surface area contributed by atoms with Crippen molar-refractivity contribution in [3.8, 4) is 5.75 Å². The van der Waals surface area contributed by atoms with Gasteiger partial charge in [-0.25, -0.2) is 9.59 Å². The molecule has 0 aliphatic heterocycles. The number of phenols is 1. The molecule has 7 heteroatoms. The molecule has 0 heterocycles. The summed E-state index contributed by atoms with van der Waals surface area (Å²) in [4.78, 5) is 24.6. The maximum Gasteiger partial charge on any atom is 0.326 e. The van der Waals surface area contributed by atoms with E-state index in [0.29, 0.717) is 6.54 Å². The molecule has 1 atom stereocenters. The van der Waals surface area contributed by atoms with Gasteiger partial charge in [0, 0.05) is 25.8 Å². The van der Waals surface area contributed by atoms with Crippen LogP contribution in [0.1, 0.15) is 5.56 Å². The Labute approximate surface area is 128 Å². The number of carbonyl (C=O) groups is 2. The van der Waals surface area contributed by atoms with Crippen molar-refractivity contribution in [2.45, 2.75) is 12.5 Å². The summed E-state index contributed by atoms with van der Waals surface area (Å²) in [5.41, 5.74) is 0.729. The second kappa shape index (κ2) is 8.41. The number of hydrogen-bond acceptors (Lipinski definition) is 4. The molecule has 3 N–H and O–H groups in total. The zero-order valence-corrected chi connectivity index (χ0v) is 12.9. The number of nitrogens with one attached hydrogen (secondary N) is 1. The van der Waals surface area contributed by atoms with Gasteiger partial charge in [-0.2, -0.15) is 11.8 Å². The lowest BCUT2D eigenvalue weighted by atomic mass is 10.1. The first kappa shape index (κ1) is 17.2. The highest BCUT2D eigenvalue weighted by Gasteiger charge is 2.22. The Hall–Kier alpha value is -1.89. The van der Waals surface area contributed by atoms with Gasteiger partial charge in [0.15, 0.2) is 0 Å². The Morgan fingerprint density at radius 2 is 1.95 bits per heavy atom. The molecule has 6 nitrogen and oxygen atoms in total. The molecule has 116 valence electrons. The highest BCUT2D eigenvalue weighted by molar-refractivity contribution is 7.98. The minimum atomic E-state index is -1.09. The first-order valence-corrected chi connectivity index (χ1v) is 7.84. The zero-order valence-electron chi connectivity index (χ0n) is 12.1. The van der Waals surface area contributed by atoms with Gasteiger partial charge in [-0.15, -0.1) is 0 Å². The van der Waals surface area contributed by atoms with Gasteiger partial charge >= 0.3 is 12.0 Å². The number of benzene rings is 1. The minimum absolute atomic E-state index is 0.117. The van der Waals surface area contributed by atoms with E-state index in [9.17, 15) is 19.8 Å². The van der Waals surface area contributed by atoms with Crippen molar-refractivity contribution in [1.82, 2.24) is 10.2 Å². The first-order chi connectivity index (χ1) is 9.93. The standard InChI is InChI=1S/C14H20N2O4S/c1-16(7-8-21-2)14(20)15-12(13(18)19)9-10-3-5-11(17)6-4-10/h3-6,12,17H,7-9H2,1-2H3,(H,15,20)(H,18,19)/t12-/m0/s1. The molecule has 0 spiro atoms. The number of urea groups is 1. The predicted octanol–water partition coefficient (Wildman–Crippen LogP) is 1.39. The molecule has 0 bridgehead atoms. The van der Waals surface area contributed by atoms with E-state index in [2.05, 4.69) is 5.32 Å². The van der Waals surface area contributed by atoms with E-state index in [1.54, 1.807) is 30.9 Å². The van der Waals surface area contributed by atoms with Gasteiger partial charge in [-0.1, -0.05) is 12.1 Å². The van der Waals surface area contributed by atoms with Crippen molar-refractivity contribution in [3.05, 3.63) is 29.8 Å². The number of aliphatic carboxylic acids is 1. The molecular weight excluding hydrogens is 292 g/mol. The third-order valence-electron chi connectivity index (χ3n) is 2.95. The topological polar surface area (TPSA) is 89.9 Å². The Morgan fingerprint density at radius 3 is 2.48 bits per heavy atom. The molecule has 0 fully saturated rings. The molecule has 21 heavy (non-hydrogen) atoms. The monoisotopic (exact) mass is 312 g/mol. The molecule has 0 radical (unpaired) electrons. The van der Waals surface area contributed by atoms with Gasteiger partial charge in [0.2, 0.25) is 0 Å². The number of thioether (sulfide) groups is 1. The highest BCUT2D eigenvalue weighted by atomic mass is 32.2. The van der Waals surface area contributed by atoms with E-state index in [0.717, 1.165) is 11.3 Å². The average molecular weight is 312 g/mol. The summed E-state index contributed by atoms with van der Waals surface area (Å²) in [5.74, 6) is -0.180. The van der Waals surface area contributed by atoms with Crippen LogP contribution < -0.4 is 5.32 Å². The fourth-order valence-corrected chi connectivity index (χ4v) is 2.11. The molecule has 0 aliphatic rings. The van der Waals surface area contributed by atoms with Crippen molar-refractivity contribution in [3.63, 3.8) is 0 Å². The fourth-order valence-electron chi connectivity index (χ4n) is 1.66. The fraction of sp³-hybridized carbons (Fsp3) is 0.429. The van der Waals surface area contributed by atoms with E-state index in [1.807, 2.05) is 6.26 Å². The molecule has 0 unspecified atom stereocenters. The minimum Gasteiger partial charge on any atom is -0.508 e. The van der Waals surface area contributed by atoms with Crippen molar-refractivity contribution >= 4 is 23.8 Å². The van der Waals surface area contributed by atoms with E-state index >= 15 is 0 Å². The molecule has 0 aromatic heterocycles. The van der Waals surface area contributed by atoms with Gasteiger partial charge < -0.3 is 20.4 Å². The van der Waals surface area contributed by atoms with Crippen LogP contribution in [0.2, 0.25) is 0 Å². The quantitative estimate of drug-likeness (QED) is 0.708. The summed E-state index contributed by atoms with van der Waals surface area (Å²) in [5, 5.41) is 20.9. The lowest BCUT2D eigenvalue weighted by molar-refractivity contribution is -0.139. The lowest BCUT2D eigenvalue weighted by Gasteiger charge is -2.21. The Morgan fingerprint density at radius 1 is 1.33 bits per heavy atom. The van der Waals surface area contributed by atoms with Crippen LogP contribution in [0, 0.1) is 0 Å². The molecule has 1 aromatic rings. The van der Waals surface area contributed by atoms with Gasteiger partial charge in [0.25, 0.3) is 0 Å². The number of amides is 2. The van der Waals surface area contributed by atoms with E-state index in [1.165, 1.54) is 17.0 Å². The summed E-state index contributed by atoms with van der Waals surface area (Å²) in [6.45, 7) is 0.554. The Balaban J connectivity index is 2.63. The van der Waals surface area contributed by atoms with Crippen molar-refractivity contribution < 1.29 is 19.8 Å². The number of carbonyl (C=O) groups excluding carboxylic acids is 1. The number of phenolic OH excluding ortho intramolecular Hbond substituents is 1. The normalized spacial score (nSPS) is 11.7.